The summed E-state index contributed by atoms with van der Waals surface area (Å²) in [5.74, 6) is 0.169. The van der Waals surface area contributed by atoms with Crippen molar-refractivity contribution in [1.29, 1.82) is 0 Å². The maximum atomic E-state index is 13.3. The maximum Gasteiger partial charge on any atom is 0.230 e. The summed E-state index contributed by atoms with van der Waals surface area (Å²) in [6, 6.07) is 11.1. The fourth-order valence-electron chi connectivity index (χ4n) is 6.75. The van der Waals surface area contributed by atoms with Crippen LogP contribution in [0.5, 0.6) is 5.75 Å². The highest BCUT2D eigenvalue weighted by molar-refractivity contribution is 7.15. The van der Waals surface area contributed by atoms with Gasteiger partial charge in [0.25, 0.3) is 0 Å². The van der Waals surface area contributed by atoms with Gasteiger partial charge in [-0.25, -0.2) is 4.98 Å². The Balaban J connectivity index is 1.40. The van der Waals surface area contributed by atoms with Crippen LogP contribution in [0.4, 0.5) is 5.13 Å². The van der Waals surface area contributed by atoms with Crippen LogP contribution in [0.3, 0.4) is 0 Å². The van der Waals surface area contributed by atoms with Crippen LogP contribution in [0.2, 0.25) is 0 Å². The van der Waals surface area contributed by atoms with Crippen LogP contribution in [0.25, 0.3) is 0 Å². The first-order valence-electron chi connectivity index (χ1n) is 14.0. The van der Waals surface area contributed by atoms with Crippen molar-refractivity contribution in [1.82, 2.24) is 15.3 Å². The molecule has 3 aromatic rings. The molecule has 0 bridgehead atoms. The molecule has 9 nitrogen and oxygen atoms in total. The van der Waals surface area contributed by atoms with Crippen molar-refractivity contribution in [3.8, 4) is 5.75 Å². The van der Waals surface area contributed by atoms with Crippen molar-refractivity contribution in [2.45, 2.75) is 64.5 Å². The Kier molecular flexibility index (Phi) is 8.45. The first kappa shape index (κ1) is 29.2. The van der Waals surface area contributed by atoms with E-state index in [0.29, 0.717) is 30.9 Å². The van der Waals surface area contributed by atoms with Crippen molar-refractivity contribution < 1.29 is 24.5 Å². The van der Waals surface area contributed by atoms with E-state index < -0.39 is 11.5 Å². The lowest BCUT2D eigenvalue weighted by Gasteiger charge is -2.58. The van der Waals surface area contributed by atoms with Gasteiger partial charge in [0.2, 0.25) is 11.8 Å². The number of aliphatic hydroxyl groups excluding tert-OH is 2. The van der Waals surface area contributed by atoms with Crippen LogP contribution in [0.15, 0.2) is 48.8 Å². The molecule has 0 saturated heterocycles. The molecule has 41 heavy (non-hydrogen) atoms. The second-order valence-corrected chi connectivity index (χ2v) is 12.9. The lowest BCUT2D eigenvalue weighted by molar-refractivity contribution is -0.144. The zero-order valence-electron chi connectivity index (χ0n) is 23.7. The smallest absolute Gasteiger partial charge is 0.230 e. The zero-order chi connectivity index (χ0) is 29.2. The minimum atomic E-state index is -0.711. The minimum absolute atomic E-state index is 0.0596. The van der Waals surface area contributed by atoms with Gasteiger partial charge in [0.05, 0.1) is 31.9 Å². The number of amides is 2. The van der Waals surface area contributed by atoms with Crippen LogP contribution in [-0.2, 0) is 29.0 Å². The van der Waals surface area contributed by atoms with E-state index in [1.54, 1.807) is 19.5 Å². The lowest BCUT2D eigenvalue weighted by Crippen LogP contribution is -2.57. The standard InChI is InChI=1S/C31H38N4O5S/c1-30-11-10-25(37)31(2,18-36)24(30)15-23-28(22(30)14-26(38)33-17-20-5-4-12-32-16-20)35-29(41-23)34-27(39)13-19-6-8-21(40-3)9-7-19/h4-9,12,16,22,24-25,36-37H,10-11,13-15,17-18H2,1-3H3,(H,33,38)(H,34,35,39). The van der Waals surface area contributed by atoms with Gasteiger partial charge in [0.1, 0.15) is 5.75 Å². The fraction of sp³-hybridized carbons (Fsp3) is 0.484. The van der Waals surface area contributed by atoms with Crippen molar-refractivity contribution in [2.24, 2.45) is 16.7 Å². The van der Waals surface area contributed by atoms with Crippen LogP contribution in [0, 0.1) is 16.7 Å². The summed E-state index contributed by atoms with van der Waals surface area (Å²) in [6.07, 6.45) is 5.09. The molecule has 2 aromatic heterocycles. The summed E-state index contributed by atoms with van der Waals surface area (Å²) < 4.78 is 5.20. The second kappa shape index (κ2) is 11.9. The molecule has 10 heteroatoms. The first-order valence-corrected chi connectivity index (χ1v) is 14.8. The number of methoxy groups -OCH3 is 1. The van der Waals surface area contributed by atoms with Gasteiger partial charge in [0.15, 0.2) is 5.13 Å². The summed E-state index contributed by atoms with van der Waals surface area (Å²) in [5.41, 5.74) is 1.53. The molecule has 1 fully saturated rings. The average molecular weight is 579 g/mol. The van der Waals surface area contributed by atoms with E-state index in [-0.39, 0.29) is 48.5 Å². The Labute approximate surface area is 244 Å². The molecule has 0 radical (unpaired) electrons. The number of hydrogen-bond donors (Lipinski definition) is 4. The Morgan fingerprint density at radius 1 is 1.15 bits per heavy atom. The molecule has 2 aliphatic carbocycles. The van der Waals surface area contributed by atoms with Crippen molar-refractivity contribution >= 4 is 28.3 Å². The van der Waals surface area contributed by atoms with Gasteiger partial charge in [-0.2, -0.15) is 0 Å². The van der Waals surface area contributed by atoms with Crippen LogP contribution in [0.1, 0.15) is 60.7 Å². The molecule has 2 heterocycles. The molecule has 5 rings (SSSR count). The van der Waals surface area contributed by atoms with Crippen molar-refractivity contribution in [3.63, 3.8) is 0 Å². The number of carbonyl (C=O) groups excluding carboxylic acids is 2. The van der Waals surface area contributed by atoms with Gasteiger partial charge in [-0.05, 0) is 59.9 Å². The highest BCUT2D eigenvalue weighted by atomic mass is 32.1. The highest BCUT2D eigenvalue weighted by Gasteiger charge is 2.59. The summed E-state index contributed by atoms with van der Waals surface area (Å²) in [5, 5.41) is 28.0. The van der Waals surface area contributed by atoms with Crippen LogP contribution >= 0.6 is 11.3 Å². The number of rotatable bonds is 9. The maximum absolute atomic E-state index is 13.3. The quantitative estimate of drug-likeness (QED) is 0.303. The van der Waals surface area contributed by atoms with Gasteiger partial charge in [-0.15, -0.1) is 11.3 Å². The number of thiazole rings is 1. The van der Waals surface area contributed by atoms with E-state index in [2.05, 4.69) is 22.5 Å². The Morgan fingerprint density at radius 2 is 1.93 bits per heavy atom. The molecule has 5 unspecified atom stereocenters. The number of fused-ring (bicyclic) bond motifs is 2. The minimum Gasteiger partial charge on any atom is -0.497 e. The van der Waals surface area contributed by atoms with E-state index >= 15 is 0 Å². The van der Waals surface area contributed by atoms with Crippen molar-refractivity contribution in [2.75, 3.05) is 19.0 Å². The van der Waals surface area contributed by atoms with E-state index in [4.69, 9.17) is 9.72 Å². The molecule has 1 saturated carbocycles. The number of ether oxygens (including phenoxy) is 1. The number of aliphatic hydroxyl groups is 2. The molecule has 0 aliphatic heterocycles. The third-order valence-corrected chi connectivity index (χ3v) is 10.3. The van der Waals surface area contributed by atoms with Crippen molar-refractivity contribution in [3.05, 3.63) is 70.5 Å². The summed E-state index contributed by atoms with van der Waals surface area (Å²) in [7, 11) is 1.60. The Hall–Kier alpha value is -3.34. The summed E-state index contributed by atoms with van der Waals surface area (Å²) in [4.78, 5) is 36.2. The zero-order valence-corrected chi connectivity index (χ0v) is 24.5. The molecule has 5 atom stereocenters. The third-order valence-electron chi connectivity index (χ3n) is 9.27. The topological polar surface area (TPSA) is 134 Å². The molecule has 4 N–H and O–H groups in total. The molecular weight excluding hydrogens is 540 g/mol. The fourth-order valence-corrected chi connectivity index (χ4v) is 7.84. The van der Waals surface area contributed by atoms with E-state index in [1.165, 1.54) is 11.3 Å². The van der Waals surface area contributed by atoms with Crippen LogP contribution in [-0.4, -0.2) is 51.8 Å². The summed E-state index contributed by atoms with van der Waals surface area (Å²) >= 11 is 1.42. The number of nitrogens with zero attached hydrogens (tertiary/aromatic N) is 2. The molecule has 0 spiro atoms. The average Bonchev–Trinajstić information content (AvgIpc) is 3.38. The highest BCUT2D eigenvalue weighted by Crippen LogP contribution is 2.62. The number of pyridine rings is 1. The molecular formula is C31H38N4O5S. The number of anilines is 1. The first-order chi connectivity index (χ1) is 19.7. The lowest BCUT2D eigenvalue weighted by atomic mass is 9.47. The van der Waals surface area contributed by atoms with Gasteiger partial charge in [-0.1, -0.05) is 32.0 Å². The summed E-state index contributed by atoms with van der Waals surface area (Å²) in [6.45, 7) is 4.35. The number of benzene rings is 1. The molecule has 2 aliphatic rings. The SMILES string of the molecule is COc1ccc(CC(=O)Nc2nc3c(s2)CC2C(C)(CO)C(O)CCC2(C)C3CC(=O)NCc2cccnc2)cc1. The second-order valence-electron chi connectivity index (χ2n) is 11.8. The van der Waals surface area contributed by atoms with Crippen LogP contribution < -0.4 is 15.4 Å². The van der Waals surface area contributed by atoms with E-state index in [0.717, 1.165) is 27.4 Å². The van der Waals surface area contributed by atoms with Gasteiger partial charge < -0.3 is 25.6 Å². The molecule has 2 amide bonds. The van der Waals surface area contributed by atoms with E-state index in [9.17, 15) is 19.8 Å². The Bertz CT molecular complexity index is 1380. The number of carbonyl (C=O) groups is 2. The predicted molar refractivity (Wildman–Crippen MR) is 157 cm³/mol. The van der Waals surface area contributed by atoms with Gasteiger partial charge >= 0.3 is 0 Å². The monoisotopic (exact) mass is 578 g/mol. The van der Waals surface area contributed by atoms with Gasteiger partial charge in [-0.3, -0.25) is 14.6 Å². The predicted octanol–water partition coefficient (Wildman–Crippen LogP) is 3.85. The molecule has 1 aromatic carbocycles. The number of hydrogen-bond acceptors (Lipinski definition) is 8. The van der Waals surface area contributed by atoms with E-state index in [1.807, 2.05) is 43.3 Å². The normalized spacial score (nSPS) is 26.9. The number of aromatic nitrogens is 2. The Morgan fingerprint density at radius 3 is 2.61 bits per heavy atom. The molecule has 218 valence electrons. The third kappa shape index (κ3) is 5.86. The number of nitrogens with one attached hydrogen (secondary N) is 2. The largest absolute Gasteiger partial charge is 0.497 e. The van der Waals surface area contributed by atoms with Gasteiger partial charge in [0, 0.05) is 41.6 Å².